The maximum absolute atomic E-state index is 12.6. The van der Waals surface area contributed by atoms with E-state index in [1.807, 2.05) is 19.2 Å². The lowest BCUT2D eigenvalue weighted by Gasteiger charge is -2.14. The SMILES string of the molecule is CN(Cc1nncn1C)C(=O)c1cnc(-c2ccc3c(c2)CCO3)s1. The molecule has 0 spiro atoms. The first-order valence-electron chi connectivity index (χ1n) is 7.92. The predicted molar refractivity (Wildman–Crippen MR) is 93.5 cm³/mol. The van der Waals surface area contributed by atoms with E-state index in [0.717, 1.165) is 35.2 Å². The fourth-order valence-electron chi connectivity index (χ4n) is 2.75. The number of carbonyl (C=O) groups excluding carboxylic acids is 1. The number of benzene rings is 1. The summed E-state index contributed by atoms with van der Waals surface area (Å²) >= 11 is 1.40. The molecule has 4 rings (SSSR count). The van der Waals surface area contributed by atoms with E-state index in [1.54, 1.807) is 29.0 Å². The zero-order valence-electron chi connectivity index (χ0n) is 14.0. The van der Waals surface area contributed by atoms with Crippen molar-refractivity contribution >= 4 is 17.2 Å². The van der Waals surface area contributed by atoms with Gasteiger partial charge in [-0.3, -0.25) is 4.79 Å². The second-order valence-electron chi connectivity index (χ2n) is 5.97. The van der Waals surface area contributed by atoms with Gasteiger partial charge in [-0.1, -0.05) is 0 Å². The molecule has 0 unspecified atom stereocenters. The van der Waals surface area contributed by atoms with Crippen LogP contribution in [-0.2, 0) is 20.0 Å². The lowest BCUT2D eigenvalue weighted by Crippen LogP contribution is -2.26. The van der Waals surface area contributed by atoms with Gasteiger partial charge in [0.15, 0.2) is 5.82 Å². The summed E-state index contributed by atoms with van der Waals surface area (Å²) in [5.74, 6) is 1.61. The molecule has 1 aliphatic rings. The Balaban J connectivity index is 1.52. The minimum absolute atomic E-state index is 0.0729. The predicted octanol–water partition coefficient (Wildman–Crippen LogP) is 2.15. The number of hydrogen-bond acceptors (Lipinski definition) is 6. The summed E-state index contributed by atoms with van der Waals surface area (Å²) in [6, 6.07) is 6.06. The van der Waals surface area contributed by atoms with E-state index in [9.17, 15) is 4.79 Å². The summed E-state index contributed by atoms with van der Waals surface area (Å²) in [4.78, 5) is 19.3. The van der Waals surface area contributed by atoms with E-state index >= 15 is 0 Å². The highest BCUT2D eigenvalue weighted by Gasteiger charge is 2.19. The average Bonchev–Trinajstić information content (AvgIpc) is 3.34. The lowest BCUT2D eigenvalue weighted by atomic mass is 10.1. The van der Waals surface area contributed by atoms with Crippen LogP contribution in [0, 0.1) is 0 Å². The molecule has 0 fully saturated rings. The standard InChI is InChI=1S/C17H17N5O2S/c1-21(9-15-20-19-10-22(15)2)17(23)14-8-18-16(25-14)12-3-4-13-11(7-12)5-6-24-13/h3-4,7-8,10H,5-6,9H2,1-2H3. The minimum atomic E-state index is -0.0729. The number of aryl methyl sites for hydroxylation is 1. The van der Waals surface area contributed by atoms with E-state index in [4.69, 9.17) is 4.74 Å². The summed E-state index contributed by atoms with van der Waals surface area (Å²) in [5, 5.41) is 8.69. The van der Waals surface area contributed by atoms with Crippen LogP contribution in [0.2, 0.25) is 0 Å². The Morgan fingerprint density at radius 2 is 2.32 bits per heavy atom. The van der Waals surface area contributed by atoms with Crippen LogP contribution >= 0.6 is 11.3 Å². The van der Waals surface area contributed by atoms with E-state index in [-0.39, 0.29) is 5.91 Å². The molecule has 0 bridgehead atoms. The normalized spacial score (nSPS) is 12.7. The zero-order chi connectivity index (χ0) is 17.4. The molecule has 0 N–H and O–H groups in total. The van der Waals surface area contributed by atoms with Gasteiger partial charge in [0.2, 0.25) is 0 Å². The van der Waals surface area contributed by atoms with Gasteiger partial charge in [0, 0.05) is 26.1 Å². The van der Waals surface area contributed by atoms with E-state index in [0.29, 0.717) is 11.4 Å². The maximum atomic E-state index is 12.6. The molecule has 25 heavy (non-hydrogen) atoms. The van der Waals surface area contributed by atoms with Crippen molar-refractivity contribution in [1.29, 1.82) is 0 Å². The number of rotatable bonds is 4. The summed E-state index contributed by atoms with van der Waals surface area (Å²) < 4.78 is 7.33. The van der Waals surface area contributed by atoms with Gasteiger partial charge in [-0.2, -0.15) is 0 Å². The molecule has 2 aromatic heterocycles. The molecular formula is C17H17N5O2S. The third kappa shape index (κ3) is 3.00. The molecule has 7 nitrogen and oxygen atoms in total. The molecular weight excluding hydrogens is 338 g/mol. The number of hydrogen-bond donors (Lipinski definition) is 0. The van der Waals surface area contributed by atoms with Crippen LogP contribution in [-0.4, -0.2) is 44.2 Å². The molecule has 1 aliphatic heterocycles. The van der Waals surface area contributed by atoms with Gasteiger partial charge in [0.1, 0.15) is 22.0 Å². The van der Waals surface area contributed by atoms with Crippen LogP contribution in [0.3, 0.4) is 0 Å². The van der Waals surface area contributed by atoms with Crippen molar-refractivity contribution in [3.8, 4) is 16.3 Å². The Hall–Kier alpha value is -2.74. The van der Waals surface area contributed by atoms with Gasteiger partial charge in [0.05, 0.1) is 19.3 Å². The molecule has 3 heterocycles. The second kappa shape index (κ2) is 6.29. The highest BCUT2D eigenvalue weighted by Crippen LogP contribution is 2.32. The van der Waals surface area contributed by atoms with Gasteiger partial charge in [0.25, 0.3) is 5.91 Å². The van der Waals surface area contributed by atoms with E-state index in [2.05, 4.69) is 21.2 Å². The molecule has 0 aliphatic carbocycles. The number of ether oxygens (including phenoxy) is 1. The topological polar surface area (TPSA) is 73.1 Å². The van der Waals surface area contributed by atoms with Crippen LogP contribution in [0.1, 0.15) is 21.1 Å². The van der Waals surface area contributed by atoms with E-state index < -0.39 is 0 Å². The quantitative estimate of drug-likeness (QED) is 0.717. The van der Waals surface area contributed by atoms with Crippen molar-refractivity contribution < 1.29 is 9.53 Å². The molecule has 1 aromatic carbocycles. The third-order valence-corrected chi connectivity index (χ3v) is 5.22. The highest BCUT2D eigenvalue weighted by atomic mass is 32.1. The Morgan fingerprint density at radius 3 is 3.12 bits per heavy atom. The van der Waals surface area contributed by atoms with Gasteiger partial charge in [-0.05, 0) is 23.8 Å². The maximum Gasteiger partial charge on any atom is 0.265 e. The Labute approximate surface area is 148 Å². The summed E-state index contributed by atoms with van der Waals surface area (Å²) in [7, 11) is 3.61. The molecule has 1 amide bonds. The molecule has 0 atom stereocenters. The van der Waals surface area contributed by atoms with Crippen molar-refractivity contribution in [1.82, 2.24) is 24.6 Å². The number of thiazole rings is 1. The molecule has 0 saturated carbocycles. The summed E-state index contributed by atoms with van der Waals surface area (Å²) in [6.07, 6.45) is 4.18. The average molecular weight is 355 g/mol. The zero-order valence-corrected chi connectivity index (χ0v) is 14.8. The van der Waals surface area contributed by atoms with E-state index in [1.165, 1.54) is 16.9 Å². The van der Waals surface area contributed by atoms with Gasteiger partial charge < -0.3 is 14.2 Å². The summed E-state index contributed by atoms with van der Waals surface area (Å²) in [5.41, 5.74) is 2.21. The number of aromatic nitrogens is 4. The Morgan fingerprint density at radius 1 is 1.44 bits per heavy atom. The smallest absolute Gasteiger partial charge is 0.265 e. The Bertz CT molecular complexity index is 933. The Kier molecular flexibility index (Phi) is 3.96. The van der Waals surface area contributed by atoms with Crippen LogP contribution in [0.15, 0.2) is 30.7 Å². The van der Waals surface area contributed by atoms with Crippen molar-refractivity contribution in [3.63, 3.8) is 0 Å². The molecule has 0 radical (unpaired) electrons. The van der Waals surface area contributed by atoms with Crippen molar-refractivity contribution in [2.75, 3.05) is 13.7 Å². The number of carbonyl (C=O) groups is 1. The van der Waals surface area contributed by atoms with Crippen molar-refractivity contribution in [3.05, 3.63) is 47.0 Å². The molecule has 8 heteroatoms. The number of amides is 1. The summed E-state index contributed by atoms with van der Waals surface area (Å²) in [6.45, 7) is 1.13. The number of nitrogens with zero attached hydrogens (tertiary/aromatic N) is 5. The molecule has 3 aromatic rings. The monoisotopic (exact) mass is 355 g/mol. The first-order valence-corrected chi connectivity index (χ1v) is 8.74. The fourth-order valence-corrected chi connectivity index (χ4v) is 3.66. The lowest BCUT2D eigenvalue weighted by molar-refractivity contribution is 0.0785. The van der Waals surface area contributed by atoms with Crippen LogP contribution < -0.4 is 4.74 Å². The highest BCUT2D eigenvalue weighted by molar-refractivity contribution is 7.16. The molecule has 128 valence electrons. The van der Waals surface area contributed by atoms with Crippen molar-refractivity contribution in [2.24, 2.45) is 7.05 Å². The van der Waals surface area contributed by atoms with Crippen LogP contribution in [0.4, 0.5) is 0 Å². The van der Waals surface area contributed by atoms with Gasteiger partial charge in [-0.25, -0.2) is 4.98 Å². The first kappa shape index (κ1) is 15.8. The van der Waals surface area contributed by atoms with Gasteiger partial charge >= 0.3 is 0 Å². The first-order chi connectivity index (χ1) is 12.1. The van der Waals surface area contributed by atoms with Crippen molar-refractivity contribution in [2.45, 2.75) is 13.0 Å². The van der Waals surface area contributed by atoms with Crippen LogP contribution in [0.5, 0.6) is 5.75 Å². The van der Waals surface area contributed by atoms with Gasteiger partial charge in [-0.15, -0.1) is 21.5 Å². The minimum Gasteiger partial charge on any atom is -0.493 e. The van der Waals surface area contributed by atoms with Crippen LogP contribution in [0.25, 0.3) is 10.6 Å². The fraction of sp³-hybridized carbons (Fsp3) is 0.294. The largest absolute Gasteiger partial charge is 0.493 e. The number of fused-ring (bicyclic) bond motifs is 1. The third-order valence-electron chi connectivity index (χ3n) is 4.18. The molecule has 0 saturated heterocycles. The second-order valence-corrected chi connectivity index (χ2v) is 7.00.